The Morgan fingerprint density at radius 2 is 1.08 bits per heavy atom. The Labute approximate surface area is 220 Å². The molecule has 0 N–H and O–H groups in total. The van der Waals surface area contributed by atoms with Crippen molar-refractivity contribution < 1.29 is 122 Å². The molecule has 0 unspecified atom stereocenters. The first kappa shape index (κ1) is 36.5. The van der Waals surface area contributed by atoms with E-state index >= 15 is 0 Å². The number of halogens is 17. The van der Waals surface area contributed by atoms with Gasteiger partial charge in [-0.1, -0.05) is 6.07 Å². The average Bonchev–Trinajstić information content (AvgIpc) is 2.70. The third-order valence-corrected chi connectivity index (χ3v) is 4.82. The topological polar surface area (TPSA) is 66.4 Å². The van der Waals surface area contributed by atoms with Crippen molar-refractivity contribution in [3.8, 4) is 5.75 Å². The summed E-state index contributed by atoms with van der Waals surface area (Å²) in [5, 5.41) is 0. The van der Waals surface area contributed by atoms with Gasteiger partial charge in [0.15, 0.2) is 0 Å². The van der Waals surface area contributed by atoms with Crippen molar-refractivity contribution >= 4 is 10.1 Å². The fourth-order valence-electron chi connectivity index (χ4n) is 2.01. The Kier molecular flexibility index (Phi) is 10.0. The molecule has 4 nitrogen and oxygen atoms in total. The SMILES string of the molecule is O=S(=O)([O-])c1cccc(OC(F)(F)C(F)(F)C(F)(F)/C(F)=C(\F)C(F)(F)C(F)(F)C(F)(F)C(F)(F)F)c1.[Na+]. The summed E-state index contributed by atoms with van der Waals surface area (Å²) in [7, 11) is -5.55. The predicted octanol–water partition coefficient (Wildman–Crippen LogP) is 3.46. The number of ether oxygens (including phenoxy) is 1. The second-order valence-electron chi connectivity index (χ2n) is 6.55. The minimum Gasteiger partial charge on any atom is -0.744 e. The van der Waals surface area contributed by atoms with Gasteiger partial charge in [0.25, 0.3) is 0 Å². The van der Waals surface area contributed by atoms with Crippen molar-refractivity contribution in [3.05, 3.63) is 35.9 Å². The van der Waals surface area contributed by atoms with E-state index in [2.05, 4.69) is 4.74 Å². The average molecular weight is 626 g/mol. The van der Waals surface area contributed by atoms with Crippen LogP contribution in [0.15, 0.2) is 40.8 Å². The molecule has 0 amide bonds. The Hall–Kier alpha value is -1.52. The van der Waals surface area contributed by atoms with Crippen molar-refractivity contribution in [2.75, 3.05) is 0 Å². The molecule has 0 spiro atoms. The molecule has 0 aliphatic carbocycles. The van der Waals surface area contributed by atoms with E-state index in [1.54, 1.807) is 0 Å². The molecule has 214 valence electrons. The van der Waals surface area contributed by atoms with Crippen molar-refractivity contribution in [2.24, 2.45) is 0 Å². The van der Waals surface area contributed by atoms with E-state index in [9.17, 15) is 87.6 Å². The zero-order chi connectivity index (χ0) is 29.8. The van der Waals surface area contributed by atoms with Gasteiger partial charge in [0.2, 0.25) is 11.7 Å². The maximum absolute atomic E-state index is 13.7. The summed E-state index contributed by atoms with van der Waals surface area (Å²) in [6.45, 7) is 0. The molecule has 1 rings (SSSR count). The fraction of sp³-hybridized carbons (Fsp3) is 0.467. The van der Waals surface area contributed by atoms with E-state index in [1.165, 1.54) is 0 Å². The predicted molar refractivity (Wildman–Crippen MR) is 80.0 cm³/mol. The summed E-state index contributed by atoms with van der Waals surface area (Å²) in [6, 6.07) is 0.371. The van der Waals surface area contributed by atoms with Crippen LogP contribution in [0.2, 0.25) is 0 Å². The summed E-state index contributed by atoms with van der Waals surface area (Å²) in [5.74, 6) is -52.2. The molecule has 0 radical (unpaired) electrons. The molecule has 0 aliphatic heterocycles. The Morgan fingerprint density at radius 3 is 1.45 bits per heavy atom. The third-order valence-electron chi connectivity index (χ3n) is 3.99. The molecule has 0 saturated heterocycles. The molecule has 0 atom stereocenters. The van der Waals surface area contributed by atoms with Gasteiger partial charge in [0, 0.05) is 0 Å². The van der Waals surface area contributed by atoms with Gasteiger partial charge in [0.1, 0.15) is 15.9 Å². The number of alkyl halides is 15. The zero-order valence-electron chi connectivity index (χ0n) is 17.3. The van der Waals surface area contributed by atoms with E-state index in [0.29, 0.717) is 12.1 Å². The first-order valence-corrected chi connectivity index (χ1v) is 9.55. The van der Waals surface area contributed by atoms with Gasteiger partial charge in [-0.05, 0) is 18.2 Å². The summed E-state index contributed by atoms with van der Waals surface area (Å²) in [4.78, 5) is -1.53. The molecule has 0 saturated carbocycles. The Bertz CT molecular complexity index is 1160. The van der Waals surface area contributed by atoms with Crippen molar-refractivity contribution in [3.63, 3.8) is 0 Å². The van der Waals surface area contributed by atoms with Gasteiger partial charge >= 0.3 is 71.5 Å². The van der Waals surface area contributed by atoms with Crippen LogP contribution in [-0.2, 0) is 10.1 Å². The van der Waals surface area contributed by atoms with Crippen LogP contribution in [0.1, 0.15) is 0 Å². The monoisotopic (exact) mass is 626 g/mol. The van der Waals surface area contributed by atoms with Gasteiger partial charge in [-0.25, -0.2) is 17.2 Å². The van der Waals surface area contributed by atoms with Crippen LogP contribution < -0.4 is 34.3 Å². The standard InChI is InChI=1S/C15H5F17O4S.Na/c16-7(9(18,19)11(22,23)13(26,27)14(28,29)30)8(17)10(20,21)12(24,25)15(31,32)36-5-2-1-3-6(4-5)37(33,34)35;/h1-4H,(H,33,34,35);/q;+1/p-1/b8-7+;. The molecule has 0 aromatic heterocycles. The van der Waals surface area contributed by atoms with Crippen LogP contribution >= 0.6 is 0 Å². The van der Waals surface area contributed by atoms with Crippen molar-refractivity contribution in [1.29, 1.82) is 0 Å². The second-order valence-corrected chi connectivity index (χ2v) is 7.93. The van der Waals surface area contributed by atoms with E-state index < -0.39 is 74.3 Å². The van der Waals surface area contributed by atoms with Crippen LogP contribution in [0.25, 0.3) is 0 Å². The smallest absolute Gasteiger partial charge is 0.744 e. The second kappa shape index (κ2) is 10.5. The maximum Gasteiger partial charge on any atom is 1.00 e. The number of rotatable bonds is 9. The molecular weight excluding hydrogens is 622 g/mol. The Balaban J connectivity index is 0.0000137. The van der Waals surface area contributed by atoms with Gasteiger partial charge in [-0.3, -0.25) is 0 Å². The largest absolute Gasteiger partial charge is 1.00 e. The van der Waals surface area contributed by atoms with Crippen LogP contribution in [0.3, 0.4) is 0 Å². The molecular formula is C15H4F17NaO4S. The van der Waals surface area contributed by atoms with Gasteiger partial charge in [-0.2, -0.15) is 65.9 Å². The molecule has 0 fully saturated rings. The number of hydrogen-bond donors (Lipinski definition) is 0. The number of benzene rings is 1. The first-order valence-electron chi connectivity index (χ1n) is 8.15. The van der Waals surface area contributed by atoms with Crippen LogP contribution in [0.4, 0.5) is 74.6 Å². The minimum absolute atomic E-state index is 0. The third kappa shape index (κ3) is 5.97. The van der Waals surface area contributed by atoms with E-state index in [1.807, 2.05) is 0 Å². The van der Waals surface area contributed by atoms with Crippen LogP contribution in [0, 0.1) is 0 Å². The quantitative estimate of drug-likeness (QED) is 0.240. The molecule has 38 heavy (non-hydrogen) atoms. The van der Waals surface area contributed by atoms with E-state index in [0.717, 1.165) is 0 Å². The molecule has 0 bridgehead atoms. The zero-order valence-corrected chi connectivity index (χ0v) is 20.1. The maximum atomic E-state index is 13.7. The van der Waals surface area contributed by atoms with E-state index in [4.69, 9.17) is 0 Å². The van der Waals surface area contributed by atoms with Crippen molar-refractivity contribution in [2.45, 2.75) is 46.8 Å². The van der Waals surface area contributed by atoms with Crippen LogP contribution in [-0.4, -0.2) is 54.9 Å². The van der Waals surface area contributed by atoms with Gasteiger partial charge < -0.3 is 9.29 Å². The molecule has 0 aliphatic rings. The summed E-state index contributed by atoms with van der Waals surface area (Å²) >= 11 is 0. The van der Waals surface area contributed by atoms with Gasteiger partial charge in [0.05, 0.1) is 4.90 Å². The Morgan fingerprint density at radius 1 is 0.684 bits per heavy atom. The number of hydrogen-bond acceptors (Lipinski definition) is 4. The minimum atomic E-state index is -8.19. The normalized spacial score (nSPS) is 15.5. The summed E-state index contributed by atoms with van der Waals surface area (Å²) in [5.41, 5.74) is 0. The summed E-state index contributed by atoms with van der Waals surface area (Å²) < 4.78 is 258. The summed E-state index contributed by atoms with van der Waals surface area (Å²) in [6.07, 6.45) is -14.6. The van der Waals surface area contributed by atoms with E-state index in [-0.39, 0.29) is 41.7 Å². The molecule has 23 heteroatoms. The molecule has 1 aromatic rings. The van der Waals surface area contributed by atoms with Crippen molar-refractivity contribution in [1.82, 2.24) is 0 Å². The first-order chi connectivity index (χ1) is 16.0. The molecule has 1 aromatic carbocycles. The fourth-order valence-corrected chi connectivity index (χ4v) is 2.52. The number of allylic oxidation sites excluding steroid dienone is 2. The van der Waals surface area contributed by atoms with Gasteiger partial charge in [-0.15, -0.1) is 0 Å². The van der Waals surface area contributed by atoms with Crippen LogP contribution in [0.5, 0.6) is 5.75 Å². The molecule has 0 heterocycles.